The summed E-state index contributed by atoms with van der Waals surface area (Å²) in [6, 6.07) is 1.61. The number of cyclic esters (lactones) is 1. The van der Waals surface area contributed by atoms with Crippen LogP contribution in [0.5, 0.6) is 0 Å². The Morgan fingerprint density at radius 2 is 1.67 bits per heavy atom. The predicted molar refractivity (Wildman–Crippen MR) is 178 cm³/mol. The van der Waals surface area contributed by atoms with Gasteiger partial charge >= 0.3 is 29.8 Å². The number of hydrogen-bond acceptors (Lipinski definition) is 14. The average molecular weight is 729 g/mol. The van der Waals surface area contributed by atoms with Crippen LogP contribution in [0.3, 0.4) is 0 Å². The van der Waals surface area contributed by atoms with Gasteiger partial charge in [-0.1, -0.05) is 47.6 Å². The lowest BCUT2D eigenvalue weighted by molar-refractivity contribution is -0.266. The summed E-state index contributed by atoms with van der Waals surface area (Å²) >= 11 is 0. The Morgan fingerprint density at radius 3 is 2.21 bits per heavy atom. The molecule has 2 heterocycles. The largest absolute Gasteiger partial charge is 0.472 e. The first-order valence-electron chi connectivity index (χ1n) is 17.4. The average Bonchev–Trinajstić information content (AvgIpc) is 3.62. The van der Waals surface area contributed by atoms with Crippen molar-refractivity contribution >= 4 is 35.6 Å². The Labute approximate surface area is 301 Å². The van der Waals surface area contributed by atoms with Gasteiger partial charge in [0.25, 0.3) is 0 Å². The molecule has 284 valence electrons. The zero-order chi connectivity index (χ0) is 38.9. The summed E-state index contributed by atoms with van der Waals surface area (Å²) in [5, 5.41) is 25.0. The van der Waals surface area contributed by atoms with E-state index < -0.39 is 106 Å². The smallest absolute Gasteiger partial charge is 0.352 e. The second kappa shape index (κ2) is 13.3. The van der Waals surface area contributed by atoms with E-state index in [0.29, 0.717) is 5.56 Å². The first-order valence-corrected chi connectivity index (χ1v) is 17.4. The minimum Gasteiger partial charge on any atom is -0.472 e. The predicted octanol–water partition coefficient (Wildman–Crippen LogP) is 3.48. The number of ether oxygens (including phenoxy) is 5. The number of carbonyl (C=O) groups excluding carboxylic acids is 6. The quantitative estimate of drug-likeness (QED) is 0.170. The van der Waals surface area contributed by atoms with Crippen molar-refractivity contribution in [3.05, 3.63) is 47.0 Å². The molecular formula is C38H48O14. The molecule has 1 saturated heterocycles. The fraction of sp³-hybridized carbons (Fsp3) is 0.632. The van der Waals surface area contributed by atoms with Crippen molar-refractivity contribution in [1.82, 2.24) is 0 Å². The third kappa shape index (κ3) is 5.51. The van der Waals surface area contributed by atoms with Crippen molar-refractivity contribution in [2.75, 3.05) is 7.11 Å². The summed E-state index contributed by atoms with van der Waals surface area (Å²) < 4.78 is 34.1. The zero-order valence-electron chi connectivity index (χ0n) is 31.1. The van der Waals surface area contributed by atoms with Crippen molar-refractivity contribution in [1.29, 1.82) is 0 Å². The van der Waals surface area contributed by atoms with Gasteiger partial charge in [-0.15, -0.1) is 0 Å². The van der Waals surface area contributed by atoms with Gasteiger partial charge in [0.2, 0.25) is 11.7 Å². The summed E-state index contributed by atoms with van der Waals surface area (Å²) in [6.45, 7) is 13.6. The topological polar surface area (TPSA) is 202 Å². The van der Waals surface area contributed by atoms with E-state index >= 15 is 4.79 Å². The van der Waals surface area contributed by atoms with Gasteiger partial charge in [0.1, 0.15) is 12.2 Å². The molecule has 0 radical (unpaired) electrons. The van der Waals surface area contributed by atoms with E-state index in [0.717, 1.165) is 14.0 Å². The van der Waals surface area contributed by atoms with Crippen LogP contribution in [0.15, 0.2) is 45.8 Å². The molecule has 0 aromatic carbocycles. The van der Waals surface area contributed by atoms with E-state index in [-0.39, 0.29) is 29.6 Å². The van der Waals surface area contributed by atoms with Crippen LogP contribution in [0.4, 0.5) is 0 Å². The molecule has 0 spiro atoms. The molecule has 10 atom stereocenters. The molecule has 2 bridgehead atoms. The minimum atomic E-state index is -2.86. The lowest BCUT2D eigenvalue weighted by Gasteiger charge is -2.67. The number of fused-ring (bicyclic) bond motifs is 5. The highest BCUT2D eigenvalue weighted by atomic mass is 16.6. The molecule has 52 heavy (non-hydrogen) atoms. The maximum absolute atomic E-state index is 15.3. The van der Waals surface area contributed by atoms with Crippen LogP contribution in [0.1, 0.15) is 86.8 Å². The van der Waals surface area contributed by atoms with Crippen molar-refractivity contribution in [2.24, 2.45) is 34.0 Å². The van der Waals surface area contributed by atoms with Crippen LogP contribution in [0.2, 0.25) is 0 Å². The Hall–Kier alpha value is -4.30. The number of hydrogen-bond donors (Lipinski definition) is 2. The Kier molecular flexibility index (Phi) is 9.94. The van der Waals surface area contributed by atoms with Crippen molar-refractivity contribution in [3.8, 4) is 0 Å². The molecule has 0 amide bonds. The van der Waals surface area contributed by atoms with Gasteiger partial charge in [-0.2, -0.15) is 0 Å². The molecule has 1 aromatic heterocycles. The number of aliphatic hydroxyl groups is 2. The van der Waals surface area contributed by atoms with Gasteiger partial charge in [-0.05, 0) is 49.8 Å². The number of allylic oxidation sites excluding steroid dienone is 1. The van der Waals surface area contributed by atoms with Crippen molar-refractivity contribution < 1.29 is 67.1 Å². The van der Waals surface area contributed by atoms with E-state index in [1.165, 1.54) is 32.4 Å². The number of aliphatic hydroxyl groups excluding tert-OH is 1. The van der Waals surface area contributed by atoms with E-state index in [1.54, 1.807) is 47.6 Å². The highest BCUT2D eigenvalue weighted by molar-refractivity contribution is 6.00. The number of ketones is 1. The van der Waals surface area contributed by atoms with Crippen LogP contribution >= 0.6 is 0 Å². The highest BCUT2D eigenvalue weighted by Gasteiger charge is 2.80. The molecule has 4 aliphatic rings. The van der Waals surface area contributed by atoms with Crippen LogP contribution in [-0.4, -0.2) is 83.0 Å². The summed E-state index contributed by atoms with van der Waals surface area (Å²) in [5.41, 5.74) is -6.73. The number of furan rings is 1. The summed E-state index contributed by atoms with van der Waals surface area (Å²) in [5.74, 6) is -8.77. The number of esters is 5. The first kappa shape index (κ1) is 38.9. The number of carbonyl (C=O) groups is 6. The monoisotopic (exact) mass is 728 g/mol. The molecular weight excluding hydrogens is 680 g/mol. The van der Waals surface area contributed by atoms with Crippen molar-refractivity contribution in [3.63, 3.8) is 0 Å². The maximum atomic E-state index is 15.3. The molecule has 3 fully saturated rings. The summed E-state index contributed by atoms with van der Waals surface area (Å²) in [7, 11) is 1.07. The zero-order valence-corrected chi connectivity index (χ0v) is 31.1. The van der Waals surface area contributed by atoms with Gasteiger partial charge in [-0.3, -0.25) is 14.4 Å². The fourth-order valence-electron chi connectivity index (χ4n) is 9.50. The van der Waals surface area contributed by atoms with E-state index in [1.807, 2.05) is 0 Å². The van der Waals surface area contributed by atoms with Crippen LogP contribution < -0.4 is 0 Å². The Morgan fingerprint density at radius 1 is 1.02 bits per heavy atom. The second-order valence-corrected chi connectivity index (χ2v) is 15.7. The van der Waals surface area contributed by atoms with Gasteiger partial charge in [0.05, 0.1) is 25.6 Å². The molecule has 14 nitrogen and oxygen atoms in total. The lowest BCUT2D eigenvalue weighted by atomic mass is 9.38. The molecule has 2 saturated carbocycles. The molecule has 2 N–H and O–H groups in total. The Bertz CT molecular complexity index is 1730. The van der Waals surface area contributed by atoms with E-state index in [2.05, 4.69) is 0 Å². The SMILES string of the molecule is CC=C(C)C(=O)OC1C(C)(C)C(C(O)C(=O)OC)C2(C)C(=O)C1(O)C(OC(=O)C(C)C)C1=C3C(OC(C)=O)C(=O)OC(c4ccoc4)C3(C)CCC12. The third-order valence-electron chi connectivity index (χ3n) is 11.9. The van der Waals surface area contributed by atoms with Gasteiger partial charge in [0, 0.05) is 40.2 Å². The van der Waals surface area contributed by atoms with Crippen LogP contribution in [0, 0.1) is 34.0 Å². The number of rotatable bonds is 8. The maximum Gasteiger partial charge on any atom is 0.352 e. The van der Waals surface area contributed by atoms with E-state index in [9.17, 15) is 34.2 Å². The van der Waals surface area contributed by atoms with Gasteiger partial charge in [0.15, 0.2) is 18.0 Å². The van der Waals surface area contributed by atoms with Gasteiger partial charge < -0.3 is 38.3 Å². The second-order valence-electron chi connectivity index (χ2n) is 15.7. The molecule has 1 aliphatic heterocycles. The third-order valence-corrected chi connectivity index (χ3v) is 11.9. The van der Waals surface area contributed by atoms with Gasteiger partial charge in [-0.25, -0.2) is 14.4 Å². The normalized spacial score (nSPS) is 35.8. The molecule has 1 aromatic rings. The summed E-state index contributed by atoms with van der Waals surface area (Å²) in [4.78, 5) is 82.3. The number of methoxy groups -OCH3 is 1. The molecule has 14 heteroatoms. The standard InChI is InChI=1S/C38H48O14/c1-11-18(4)30(42)52-34-35(6,7)26(24(40)31(43)47-10)37(9)21-12-14-36(8)23(22(21)28(38(34,46)33(37)45)51-29(41)17(2)3)25(49-19(5)39)32(44)50-27(36)20-13-15-48-16-20/h11,13,15-17,21,24-28,34,40,46H,12,14H2,1-10H3. The van der Waals surface area contributed by atoms with E-state index in [4.69, 9.17) is 28.1 Å². The summed E-state index contributed by atoms with van der Waals surface area (Å²) in [6.07, 6.45) is -3.86. The lowest BCUT2D eigenvalue weighted by Crippen LogP contribution is -2.81. The first-order chi connectivity index (χ1) is 24.1. The minimum absolute atomic E-state index is 0.0742. The molecule has 3 aliphatic carbocycles. The fourth-order valence-corrected chi connectivity index (χ4v) is 9.50. The van der Waals surface area contributed by atoms with Crippen molar-refractivity contribution in [2.45, 2.75) is 111 Å². The Balaban J connectivity index is 1.95. The van der Waals surface area contributed by atoms with Crippen LogP contribution in [-0.2, 0) is 52.5 Å². The molecule has 5 rings (SSSR count). The number of Topliss-reactive ketones (excluding diaryl/α,β-unsaturated/α-hetero) is 1. The van der Waals surface area contributed by atoms with Crippen LogP contribution in [0.25, 0.3) is 0 Å². The highest BCUT2D eigenvalue weighted by Crippen LogP contribution is 2.69. The molecule has 10 unspecified atom stereocenters.